The molecule has 1 saturated heterocycles. The van der Waals surface area contributed by atoms with Crippen LogP contribution in [0.4, 0.5) is 5.82 Å². The number of esters is 1. The minimum Gasteiger partial charge on any atom is -0.460 e. The van der Waals surface area contributed by atoms with Crippen LogP contribution in [0, 0.1) is 34.0 Å². The van der Waals surface area contributed by atoms with Crippen molar-refractivity contribution in [3.8, 4) is 11.3 Å². The van der Waals surface area contributed by atoms with Crippen LogP contribution in [0.1, 0.15) is 78.3 Å². The summed E-state index contributed by atoms with van der Waals surface area (Å²) in [5.74, 6) is 0.465. The van der Waals surface area contributed by atoms with E-state index in [9.17, 15) is 14.7 Å². The second kappa shape index (κ2) is 13.7. The number of carbonyl (C=O) groups excluding carboxylic acids is 2. The number of Topliss-reactive ketones (excluding diaryl/α,β-unsaturated/α-hetero) is 1. The molecular formula is C41H53N9O4. The maximum atomic E-state index is 13.8. The number of hydrogen-bond donors (Lipinski definition) is 2. The van der Waals surface area contributed by atoms with Crippen LogP contribution in [0.2, 0.25) is 0 Å². The Bertz CT molecular complexity index is 2060. The van der Waals surface area contributed by atoms with Gasteiger partial charge < -0.3 is 24.6 Å². The van der Waals surface area contributed by atoms with Crippen LogP contribution in [-0.2, 0) is 20.9 Å². The zero-order valence-corrected chi connectivity index (χ0v) is 32.1. The van der Waals surface area contributed by atoms with Gasteiger partial charge in [0, 0.05) is 54.9 Å². The third-order valence-corrected chi connectivity index (χ3v) is 14.3. The van der Waals surface area contributed by atoms with Crippen molar-refractivity contribution in [1.82, 2.24) is 39.8 Å². The lowest BCUT2D eigenvalue weighted by molar-refractivity contribution is -0.207. The van der Waals surface area contributed by atoms with Gasteiger partial charge in [0.1, 0.15) is 30.5 Å². The second-order valence-corrected chi connectivity index (χ2v) is 16.9. The predicted octanol–water partition coefficient (Wildman–Crippen LogP) is 5.01. The molecule has 0 radical (unpaired) electrons. The van der Waals surface area contributed by atoms with E-state index in [1.807, 2.05) is 31.5 Å². The van der Waals surface area contributed by atoms with Crippen molar-refractivity contribution < 1.29 is 19.4 Å². The van der Waals surface area contributed by atoms with E-state index in [2.05, 4.69) is 81.5 Å². The van der Waals surface area contributed by atoms with Gasteiger partial charge >= 0.3 is 5.97 Å². The molecule has 0 amide bonds. The monoisotopic (exact) mass is 735 g/mol. The topological polar surface area (TPSA) is 153 Å². The molecule has 286 valence electrons. The predicted molar refractivity (Wildman–Crippen MR) is 204 cm³/mol. The van der Waals surface area contributed by atoms with Gasteiger partial charge in [-0.15, -0.1) is 11.7 Å². The average molecular weight is 736 g/mol. The van der Waals surface area contributed by atoms with E-state index < -0.39 is 29.0 Å². The minimum atomic E-state index is -0.710. The summed E-state index contributed by atoms with van der Waals surface area (Å²) in [4.78, 5) is 43.7. The molecule has 1 unspecified atom stereocenters. The van der Waals surface area contributed by atoms with Gasteiger partial charge in [0.15, 0.2) is 17.0 Å². The Kier molecular flexibility index (Phi) is 9.23. The molecule has 54 heavy (non-hydrogen) atoms. The van der Waals surface area contributed by atoms with Gasteiger partial charge in [0.05, 0.1) is 24.7 Å². The molecule has 4 fully saturated rings. The molecule has 4 aliphatic rings. The number of imidazole rings is 1. The molecule has 8 rings (SSSR count). The summed E-state index contributed by atoms with van der Waals surface area (Å²) in [6, 6.07) is 8.11. The number of hydrogen-bond acceptors (Lipinski definition) is 11. The zero-order chi connectivity index (χ0) is 38.0. The van der Waals surface area contributed by atoms with Gasteiger partial charge in [-0.25, -0.2) is 19.6 Å². The Morgan fingerprint density at radius 2 is 1.89 bits per heavy atom. The molecule has 13 nitrogen and oxygen atoms in total. The summed E-state index contributed by atoms with van der Waals surface area (Å²) in [5.41, 5.74) is 2.60. The standard InChI is InChI=1S/C41H53N9O4/c1-7-39(5)20-32(40(6)25(2)12-14-41(26(3)36(39)53)15-13-31(51)35(40)41)54-33(52)22-49-21-30(46-47-49)29-10-8-28(9-11-29)27(4)50-24-45-34-37(43-23-44-38(34)50)48-18-16-42-17-19-48/h7-11,21,23-27,32,35-36,42,53H,1,12-20,22H2,2-6H3/t25?,26-,27+,32+,35-,36-,39+,40-,41-/m0/s1. The molecule has 1 aliphatic heterocycles. The largest absolute Gasteiger partial charge is 0.460 e. The quantitative estimate of drug-likeness (QED) is 0.186. The number of piperazine rings is 1. The molecule has 2 N–H and O–H groups in total. The van der Waals surface area contributed by atoms with E-state index in [4.69, 9.17) is 9.72 Å². The molecular weight excluding hydrogens is 683 g/mol. The Balaban J connectivity index is 0.986. The number of carbonyl (C=O) groups is 2. The van der Waals surface area contributed by atoms with Crippen LogP contribution < -0.4 is 10.2 Å². The van der Waals surface area contributed by atoms with E-state index in [1.54, 1.807) is 12.5 Å². The Labute approximate surface area is 316 Å². The van der Waals surface area contributed by atoms with Gasteiger partial charge in [0.25, 0.3) is 0 Å². The highest BCUT2D eigenvalue weighted by atomic mass is 16.5. The number of ether oxygens (including phenoxy) is 1. The number of anilines is 1. The van der Waals surface area contributed by atoms with Crippen molar-refractivity contribution in [2.45, 2.75) is 91.5 Å². The maximum absolute atomic E-state index is 13.8. The van der Waals surface area contributed by atoms with E-state index in [0.717, 1.165) is 73.6 Å². The number of rotatable bonds is 8. The highest BCUT2D eigenvalue weighted by Crippen LogP contribution is 2.68. The van der Waals surface area contributed by atoms with Crippen LogP contribution >= 0.6 is 0 Å². The summed E-state index contributed by atoms with van der Waals surface area (Å²) in [7, 11) is 0. The molecule has 2 bridgehead atoms. The number of nitrogens with zero attached hydrogens (tertiary/aromatic N) is 8. The van der Waals surface area contributed by atoms with Crippen LogP contribution in [0.15, 0.2) is 55.8 Å². The fraction of sp³-hybridized carbons (Fsp3) is 0.585. The zero-order valence-electron chi connectivity index (χ0n) is 32.1. The highest BCUT2D eigenvalue weighted by molar-refractivity contribution is 5.86. The van der Waals surface area contributed by atoms with Gasteiger partial charge in [0.2, 0.25) is 0 Å². The second-order valence-electron chi connectivity index (χ2n) is 16.9. The number of aliphatic hydroxyl groups excluding tert-OH is 1. The van der Waals surface area contributed by atoms with Crippen molar-refractivity contribution in [2.75, 3.05) is 31.1 Å². The van der Waals surface area contributed by atoms with Gasteiger partial charge in [-0.3, -0.25) is 9.59 Å². The Morgan fingerprint density at radius 3 is 2.63 bits per heavy atom. The van der Waals surface area contributed by atoms with E-state index in [-0.39, 0.29) is 41.5 Å². The van der Waals surface area contributed by atoms with E-state index in [1.165, 1.54) is 4.68 Å². The van der Waals surface area contributed by atoms with Crippen LogP contribution in [0.3, 0.4) is 0 Å². The first kappa shape index (κ1) is 36.5. The van der Waals surface area contributed by atoms with E-state index in [0.29, 0.717) is 18.5 Å². The molecule has 4 heterocycles. The number of benzene rings is 1. The molecule has 1 aromatic carbocycles. The van der Waals surface area contributed by atoms with Gasteiger partial charge in [-0.05, 0) is 55.4 Å². The summed E-state index contributed by atoms with van der Waals surface area (Å²) >= 11 is 0. The first-order chi connectivity index (χ1) is 25.9. The first-order valence-electron chi connectivity index (χ1n) is 19.6. The highest BCUT2D eigenvalue weighted by Gasteiger charge is 2.68. The third-order valence-electron chi connectivity index (χ3n) is 14.3. The summed E-state index contributed by atoms with van der Waals surface area (Å²) < 4.78 is 10.0. The molecule has 3 aromatic heterocycles. The van der Waals surface area contributed by atoms with Gasteiger partial charge in [-0.1, -0.05) is 63.2 Å². The van der Waals surface area contributed by atoms with Crippen molar-refractivity contribution >= 4 is 28.7 Å². The Hall–Kier alpha value is -4.49. The number of fused-ring (bicyclic) bond motifs is 1. The molecule has 3 saturated carbocycles. The molecule has 9 atom stereocenters. The SMILES string of the molecule is C=C[C@]1(C)C[C@@H](OC(=O)Cn2cc(-c3ccc([C@@H](C)n4cnc5c(N6CCNCC6)ncnc54)cc3)nn2)[C@]2(C)C(C)CC[C@]3(CCC(=O)[C@H]32)[C@@H](C)[C@@H]1O. The van der Waals surface area contributed by atoms with Crippen LogP contribution in [0.5, 0.6) is 0 Å². The number of nitrogens with one attached hydrogen (secondary N) is 1. The van der Waals surface area contributed by atoms with E-state index >= 15 is 0 Å². The molecule has 13 heteroatoms. The van der Waals surface area contributed by atoms with Crippen molar-refractivity contribution in [1.29, 1.82) is 0 Å². The van der Waals surface area contributed by atoms with Crippen LogP contribution in [0.25, 0.3) is 22.4 Å². The molecule has 3 aliphatic carbocycles. The number of aliphatic hydroxyl groups is 1. The summed E-state index contributed by atoms with van der Waals surface area (Å²) in [6.07, 6.45) is 9.20. The summed E-state index contributed by atoms with van der Waals surface area (Å²) in [5, 5.41) is 23.9. The van der Waals surface area contributed by atoms with Crippen LogP contribution in [-0.4, -0.2) is 89.8 Å². The van der Waals surface area contributed by atoms with Crippen molar-refractivity contribution in [3.63, 3.8) is 0 Å². The smallest absolute Gasteiger partial charge is 0.328 e. The average Bonchev–Trinajstić information content (AvgIpc) is 3.93. The number of aromatic nitrogens is 7. The summed E-state index contributed by atoms with van der Waals surface area (Å²) in [6.45, 7) is 18.2. The van der Waals surface area contributed by atoms with Crippen molar-refractivity contribution in [3.05, 3.63) is 61.3 Å². The van der Waals surface area contributed by atoms with Crippen molar-refractivity contribution in [2.24, 2.45) is 34.0 Å². The minimum absolute atomic E-state index is 0.0285. The normalized spacial score (nSPS) is 33.2. The molecule has 4 aromatic rings. The van der Waals surface area contributed by atoms with Gasteiger partial charge in [-0.2, -0.15) is 0 Å². The number of ketones is 1. The fourth-order valence-electron chi connectivity index (χ4n) is 10.7. The third kappa shape index (κ3) is 5.77. The lowest BCUT2D eigenvalue weighted by atomic mass is 9.44. The Morgan fingerprint density at radius 1 is 1.13 bits per heavy atom. The molecule has 0 spiro atoms. The maximum Gasteiger partial charge on any atom is 0.328 e. The first-order valence-corrected chi connectivity index (χ1v) is 19.6. The fourth-order valence-corrected chi connectivity index (χ4v) is 10.7. The lowest BCUT2D eigenvalue weighted by Gasteiger charge is -2.61. The lowest BCUT2D eigenvalue weighted by Crippen LogP contribution is -2.63.